The van der Waals surface area contributed by atoms with Gasteiger partial charge in [-0.2, -0.15) is 0 Å². The van der Waals surface area contributed by atoms with Crippen molar-refractivity contribution in [2.24, 2.45) is 0 Å². The fourth-order valence-electron chi connectivity index (χ4n) is 2.52. The minimum absolute atomic E-state index is 0.0863. The number of aliphatic hydroxyl groups is 2. The van der Waals surface area contributed by atoms with Crippen LogP contribution in [0.3, 0.4) is 0 Å². The van der Waals surface area contributed by atoms with Gasteiger partial charge in [0.2, 0.25) is 5.91 Å². The summed E-state index contributed by atoms with van der Waals surface area (Å²) in [4.78, 5) is 15.4. The van der Waals surface area contributed by atoms with Gasteiger partial charge in [-0.05, 0) is 12.1 Å². The van der Waals surface area contributed by atoms with Crippen molar-refractivity contribution in [2.45, 2.75) is 13.0 Å². The number of para-hydroxylation sites is 1. The van der Waals surface area contributed by atoms with Crippen molar-refractivity contribution in [3.05, 3.63) is 23.2 Å². The summed E-state index contributed by atoms with van der Waals surface area (Å²) in [5.41, 5.74) is 1.69. The first-order valence-corrected chi connectivity index (χ1v) is 7.72. The number of hydrogen-bond donors (Lipinski definition) is 3. The molecular formula is C15H22ClN3O3. The average Bonchev–Trinajstić information content (AvgIpc) is 2.52. The van der Waals surface area contributed by atoms with E-state index in [2.05, 4.69) is 10.2 Å². The predicted octanol–water partition coefficient (Wildman–Crippen LogP) is 0.774. The number of nitrogens with zero attached hydrogens (tertiary/aromatic N) is 2. The van der Waals surface area contributed by atoms with Gasteiger partial charge < -0.3 is 25.3 Å². The molecule has 1 saturated heterocycles. The fraction of sp³-hybridized carbons (Fsp3) is 0.533. The second-order valence-corrected chi connectivity index (χ2v) is 5.75. The summed E-state index contributed by atoms with van der Waals surface area (Å²) in [6, 6.07) is 5.55. The van der Waals surface area contributed by atoms with Gasteiger partial charge in [-0.3, -0.25) is 4.79 Å². The van der Waals surface area contributed by atoms with Crippen LogP contribution < -0.4 is 10.2 Å². The minimum atomic E-state index is -0.818. The van der Waals surface area contributed by atoms with E-state index in [0.29, 0.717) is 31.2 Å². The lowest BCUT2D eigenvalue weighted by molar-refractivity contribution is -0.129. The van der Waals surface area contributed by atoms with Gasteiger partial charge in [-0.15, -0.1) is 0 Å². The average molecular weight is 328 g/mol. The molecule has 0 saturated carbocycles. The highest BCUT2D eigenvalue weighted by Crippen LogP contribution is 2.34. The third kappa shape index (κ3) is 4.03. The zero-order valence-corrected chi connectivity index (χ0v) is 13.4. The Bertz CT molecular complexity index is 519. The number of hydrogen-bond acceptors (Lipinski definition) is 5. The number of nitrogens with one attached hydrogen (secondary N) is 1. The molecule has 1 heterocycles. The first kappa shape index (κ1) is 16.9. The van der Waals surface area contributed by atoms with Crippen LogP contribution in [0.5, 0.6) is 0 Å². The van der Waals surface area contributed by atoms with Crippen LogP contribution >= 0.6 is 11.6 Å². The van der Waals surface area contributed by atoms with Crippen molar-refractivity contribution in [1.29, 1.82) is 0 Å². The summed E-state index contributed by atoms with van der Waals surface area (Å²) in [6.07, 6.45) is -0.818. The van der Waals surface area contributed by atoms with Gasteiger partial charge in [0.05, 0.1) is 29.1 Å². The second kappa shape index (κ2) is 7.67. The molecule has 1 aliphatic rings. The summed E-state index contributed by atoms with van der Waals surface area (Å²) in [5.74, 6) is 0.0863. The third-order valence-electron chi connectivity index (χ3n) is 3.77. The van der Waals surface area contributed by atoms with Crippen molar-refractivity contribution in [1.82, 2.24) is 4.90 Å². The molecule has 1 unspecified atom stereocenters. The lowest BCUT2D eigenvalue weighted by Gasteiger charge is -2.37. The molecule has 22 heavy (non-hydrogen) atoms. The first-order valence-electron chi connectivity index (χ1n) is 7.34. The normalized spacial score (nSPS) is 16.5. The van der Waals surface area contributed by atoms with Gasteiger partial charge in [0, 0.05) is 39.6 Å². The van der Waals surface area contributed by atoms with Crippen LogP contribution in [0.4, 0.5) is 11.4 Å². The van der Waals surface area contributed by atoms with Crippen LogP contribution in [0.1, 0.15) is 6.92 Å². The SMILES string of the molecule is CC(=O)N1CCN(c2c(Cl)cccc2NCC(O)CO)CC1. The molecule has 0 radical (unpaired) electrons. The first-order chi connectivity index (χ1) is 10.5. The zero-order valence-electron chi connectivity index (χ0n) is 12.6. The Kier molecular flexibility index (Phi) is 5.88. The molecule has 1 atom stereocenters. The Morgan fingerprint density at radius 1 is 1.36 bits per heavy atom. The molecule has 0 aromatic heterocycles. The molecule has 1 aromatic carbocycles. The maximum Gasteiger partial charge on any atom is 0.219 e. The van der Waals surface area contributed by atoms with Gasteiger partial charge in [0.15, 0.2) is 0 Å². The van der Waals surface area contributed by atoms with E-state index in [1.165, 1.54) is 0 Å². The van der Waals surface area contributed by atoms with Crippen LogP contribution in [-0.4, -0.2) is 66.5 Å². The highest BCUT2D eigenvalue weighted by atomic mass is 35.5. The number of halogens is 1. The van der Waals surface area contributed by atoms with E-state index in [9.17, 15) is 9.90 Å². The number of piperazine rings is 1. The third-order valence-corrected chi connectivity index (χ3v) is 4.07. The van der Waals surface area contributed by atoms with E-state index in [4.69, 9.17) is 16.7 Å². The number of rotatable bonds is 5. The highest BCUT2D eigenvalue weighted by Gasteiger charge is 2.22. The summed E-state index contributed by atoms with van der Waals surface area (Å²) in [6.45, 7) is 4.28. The Morgan fingerprint density at radius 3 is 2.64 bits per heavy atom. The fourth-order valence-corrected chi connectivity index (χ4v) is 2.81. The second-order valence-electron chi connectivity index (χ2n) is 5.35. The van der Waals surface area contributed by atoms with Crippen molar-refractivity contribution in [3.8, 4) is 0 Å². The summed E-state index contributed by atoms with van der Waals surface area (Å²) in [7, 11) is 0. The van der Waals surface area contributed by atoms with Crippen molar-refractivity contribution in [3.63, 3.8) is 0 Å². The maximum absolute atomic E-state index is 11.4. The molecule has 1 fully saturated rings. The molecule has 6 nitrogen and oxygen atoms in total. The maximum atomic E-state index is 11.4. The summed E-state index contributed by atoms with van der Waals surface area (Å²) in [5, 5.41) is 22.1. The predicted molar refractivity (Wildman–Crippen MR) is 87.5 cm³/mol. The summed E-state index contributed by atoms with van der Waals surface area (Å²) < 4.78 is 0. The largest absolute Gasteiger partial charge is 0.394 e. The Hall–Kier alpha value is -1.50. The highest BCUT2D eigenvalue weighted by molar-refractivity contribution is 6.34. The molecule has 0 bridgehead atoms. The smallest absolute Gasteiger partial charge is 0.219 e. The van der Waals surface area contributed by atoms with Crippen molar-refractivity contribution >= 4 is 28.9 Å². The molecule has 122 valence electrons. The number of aliphatic hydroxyl groups excluding tert-OH is 2. The van der Waals surface area contributed by atoms with Crippen LogP contribution in [0.25, 0.3) is 0 Å². The van der Waals surface area contributed by atoms with Crippen LogP contribution in [-0.2, 0) is 4.79 Å². The summed E-state index contributed by atoms with van der Waals surface area (Å²) >= 11 is 6.34. The van der Waals surface area contributed by atoms with Gasteiger partial charge >= 0.3 is 0 Å². The zero-order chi connectivity index (χ0) is 16.1. The molecule has 1 aliphatic heterocycles. The molecule has 0 aliphatic carbocycles. The van der Waals surface area contributed by atoms with Crippen molar-refractivity contribution in [2.75, 3.05) is 49.5 Å². The van der Waals surface area contributed by atoms with Gasteiger partial charge in [0.1, 0.15) is 0 Å². The Labute approximate surface area is 135 Å². The Morgan fingerprint density at radius 2 is 2.05 bits per heavy atom. The molecule has 2 rings (SSSR count). The lowest BCUT2D eigenvalue weighted by Crippen LogP contribution is -2.48. The molecule has 0 spiro atoms. The number of benzene rings is 1. The molecule has 1 amide bonds. The quantitative estimate of drug-likeness (QED) is 0.745. The minimum Gasteiger partial charge on any atom is -0.394 e. The lowest BCUT2D eigenvalue weighted by atomic mass is 10.2. The molecule has 7 heteroatoms. The van der Waals surface area contributed by atoms with E-state index in [1.807, 2.05) is 23.1 Å². The number of carbonyl (C=O) groups excluding carboxylic acids is 1. The molecular weight excluding hydrogens is 306 g/mol. The van der Waals surface area contributed by atoms with Crippen LogP contribution in [0.15, 0.2) is 18.2 Å². The monoisotopic (exact) mass is 327 g/mol. The van der Waals surface area contributed by atoms with Crippen LogP contribution in [0, 0.1) is 0 Å². The Balaban J connectivity index is 2.11. The molecule has 3 N–H and O–H groups in total. The standard InChI is InChI=1S/C15H22ClN3O3/c1-11(21)18-5-7-19(8-6-18)15-13(16)3-2-4-14(15)17-9-12(22)10-20/h2-4,12,17,20,22H,5-10H2,1H3. The number of anilines is 2. The van der Waals surface area contributed by atoms with Gasteiger partial charge in [-0.1, -0.05) is 17.7 Å². The van der Waals surface area contributed by atoms with Crippen molar-refractivity contribution < 1.29 is 15.0 Å². The topological polar surface area (TPSA) is 76.0 Å². The van der Waals surface area contributed by atoms with E-state index in [-0.39, 0.29) is 19.1 Å². The van der Waals surface area contributed by atoms with E-state index in [1.54, 1.807) is 6.92 Å². The number of amides is 1. The van der Waals surface area contributed by atoms with Gasteiger partial charge in [0.25, 0.3) is 0 Å². The number of carbonyl (C=O) groups is 1. The van der Waals surface area contributed by atoms with Gasteiger partial charge in [-0.25, -0.2) is 0 Å². The van der Waals surface area contributed by atoms with Crippen LogP contribution in [0.2, 0.25) is 5.02 Å². The van der Waals surface area contributed by atoms with E-state index < -0.39 is 6.10 Å². The van der Waals surface area contributed by atoms with E-state index >= 15 is 0 Å². The van der Waals surface area contributed by atoms with E-state index in [0.717, 1.165) is 11.4 Å². The molecule has 1 aromatic rings.